The number of hydrogen-bond donors (Lipinski definition) is 1. The fourth-order valence-electron chi connectivity index (χ4n) is 4.05. The first-order valence-electron chi connectivity index (χ1n) is 9.65. The molecular formula is C18H31N5O. The summed E-state index contributed by atoms with van der Waals surface area (Å²) in [5.41, 5.74) is 0. The molecule has 24 heavy (non-hydrogen) atoms. The molecule has 1 saturated heterocycles. The van der Waals surface area contributed by atoms with Gasteiger partial charge >= 0.3 is 0 Å². The Bertz CT molecular complexity index is 517. The molecule has 0 unspecified atom stereocenters. The largest absolute Gasteiger partial charge is 0.346 e. The smallest absolute Gasteiger partial charge is 0.220 e. The fourth-order valence-corrected chi connectivity index (χ4v) is 4.05. The van der Waals surface area contributed by atoms with Crippen molar-refractivity contribution in [1.82, 2.24) is 25.0 Å². The third kappa shape index (κ3) is 4.56. The highest BCUT2D eigenvalue weighted by molar-refractivity contribution is 5.76. The van der Waals surface area contributed by atoms with Crippen LogP contribution in [-0.2, 0) is 4.79 Å². The third-order valence-corrected chi connectivity index (χ3v) is 5.41. The van der Waals surface area contributed by atoms with Gasteiger partial charge in [0.05, 0.1) is 6.04 Å². The zero-order chi connectivity index (χ0) is 16.8. The second-order valence-electron chi connectivity index (χ2n) is 7.33. The van der Waals surface area contributed by atoms with Gasteiger partial charge in [-0.15, -0.1) is 10.2 Å². The number of carbonyl (C=O) groups excluding carboxylic acids is 1. The van der Waals surface area contributed by atoms with Gasteiger partial charge in [0.1, 0.15) is 6.33 Å². The standard InChI is InChI=1S/C18H31N5O/c1-15(18-21-19-14-23(18)16-8-3-4-9-16)20-17(24)10-7-13-22-11-5-2-6-12-22/h14-16H,2-13H2,1H3,(H,20,24)/t15-/m0/s1. The molecule has 134 valence electrons. The quantitative estimate of drug-likeness (QED) is 0.833. The van der Waals surface area contributed by atoms with Crippen LogP contribution in [0.15, 0.2) is 6.33 Å². The van der Waals surface area contributed by atoms with E-state index in [-0.39, 0.29) is 11.9 Å². The number of piperidine rings is 1. The minimum absolute atomic E-state index is 0.0735. The Morgan fingerprint density at radius 3 is 2.75 bits per heavy atom. The van der Waals surface area contributed by atoms with Crippen LogP contribution in [0.2, 0.25) is 0 Å². The summed E-state index contributed by atoms with van der Waals surface area (Å²) in [5.74, 6) is 1.02. The Kier molecular flexibility index (Phi) is 6.24. The third-order valence-electron chi connectivity index (χ3n) is 5.41. The summed E-state index contributed by atoms with van der Waals surface area (Å²) < 4.78 is 2.17. The number of nitrogens with one attached hydrogen (secondary N) is 1. The molecule has 1 aromatic rings. The molecular weight excluding hydrogens is 302 g/mol. The molecule has 1 amide bonds. The molecule has 6 nitrogen and oxygen atoms in total. The average molecular weight is 333 g/mol. The van der Waals surface area contributed by atoms with E-state index in [2.05, 4.69) is 25.0 Å². The summed E-state index contributed by atoms with van der Waals surface area (Å²) in [6.07, 6.45) is 12.3. The molecule has 1 aliphatic carbocycles. The maximum atomic E-state index is 12.2. The van der Waals surface area contributed by atoms with E-state index in [4.69, 9.17) is 0 Å². The first kappa shape index (κ1) is 17.4. The van der Waals surface area contributed by atoms with Crippen molar-refractivity contribution in [2.75, 3.05) is 19.6 Å². The lowest BCUT2D eigenvalue weighted by Gasteiger charge is -2.26. The lowest BCUT2D eigenvalue weighted by atomic mass is 10.1. The molecule has 3 rings (SSSR count). The molecule has 1 saturated carbocycles. The number of aromatic nitrogens is 3. The fraction of sp³-hybridized carbons (Fsp3) is 0.833. The molecule has 1 aliphatic heterocycles. The van der Waals surface area contributed by atoms with Crippen LogP contribution in [0.5, 0.6) is 0 Å². The number of rotatable bonds is 7. The monoisotopic (exact) mass is 333 g/mol. The Balaban J connectivity index is 1.43. The maximum Gasteiger partial charge on any atom is 0.220 e. The van der Waals surface area contributed by atoms with Gasteiger partial charge in [-0.25, -0.2) is 0 Å². The van der Waals surface area contributed by atoms with Crippen molar-refractivity contribution in [3.05, 3.63) is 12.2 Å². The van der Waals surface area contributed by atoms with Gasteiger partial charge in [0, 0.05) is 12.5 Å². The highest BCUT2D eigenvalue weighted by Gasteiger charge is 2.23. The molecule has 2 aliphatic rings. The molecule has 0 spiro atoms. The number of amides is 1. The van der Waals surface area contributed by atoms with Crippen LogP contribution < -0.4 is 5.32 Å². The summed E-state index contributed by atoms with van der Waals surface area (Å²) in [4.78, 5) is 14.7. The molecule has 1 atom stereocenters. The number of likely N-dealkylation sites (tertiary alicyclic amines) is 1. The maximum absolute atomic E-state index is 12.2. The topological polar surface area (TPSA) is 63.1 Å². The van der Waals surface area contributed by atoms with Gasteiger partial charge in [0.25, 0.3) is 0 Å². The van der Waals surface area contributed by atoms with E-state index in [1.807, 2.05) is 13.3 Å². The van der Waals surface area contributed by atoms with Crippen molar-refractivity contribution in [3.63, 3.8) is 0 Å². The van der Waals surface area contributed by atoms with Crippen molar-refractivity contribution in [2.45, 2.75) is 76.8 Å². The second kappa shape index (κ2) is 8.60. The molecule has 0 bridgehead atoms. The van der Waals surface area contributed by atoms with Crippen LogP contribution in [0.3, 0.4) is 0 Å². The molecule has 0 radical (unpaired) electrons. The zero-order valence-electron chi connectivity index (χ0n) is 14.9. The molecule has 2 fully saturated rings. The van der Waals surface area contributed by atoms with E-state index >= 15 is 0 Å². The lowest BCUT2D eigenvalue weighted by Crippen LogP contribution is -2.32. The van der Waals surface area contributed by atoms with Crippen molar-refractivity contribution < 1.29 is 4.79 Å². The average Bonchev–Trinajstić information content (AvgIpc) is 3.27. The van der Waals surface area contributed by atoms with Gasteiger partial charge in [-0.3, -0.25) is 4.79 Å². The highest BCUT2D eigenvalue weighted by atomic mass is 16.1. The summed E-state index contributed by atoms with van der Waals surface area (Å²) in [6, 6.07) is 0.434. The molecule has 1 N–H and O–H groups in total. The van der Waals surface area contributed by atoms with E-state index in [0.29, 0.717) is 12.5 Å². The first-order chi connectivity index (χ1) is 11.7. The van der Waals surface area contributed by atoms with E-state index in [0.717, 1.165) is 18.8 Å². The van der Waals surface area contributed by atoms with Gasteiger partial charge < -0.3 is 14.8 Å². The van der Waals surface area contributed by atoms with Crippen LogP contribution in [0, 0.1) is 0 Å². The van der Waals surface area contributed by atoms with Crippen molar-refractivity contribution in [3.8, 4) is 0 Å². The molecule has 6 heteroatoms. The Morgan fingerprint density at radius 1 is 1.25 bits per heavy atom. The van der Waals surface area contributed by atoms with Gasteiger partial charge in [0.2, 0.25) is 5.91 Å². The van der Waals surface area contributed by atoms with Crippen LogP contribution in [0.1, 0.15) is 82.6 Å². The van der Waals surface area contributed by atoms with Crippen LogP contribution in [-0.4, -0.2) is 45.2 Å². The zero-order valence-corrected chi connectivity index (χ0v) is 14.9. The second-order valence-corrected chi connectivity index (χ2v) is 7.33. The van der Waals surface area contributed by atoms with Crippen LogP contribution >= 0.6 is 0 Å². The molecule has 0 aromatic carbocycles. The summed E-state index contributed by atoms with van der Waals surface area (Å²) in [7, 11) is 0. The van der Waals surface area contributed by atoms with Gasteiger partial charge in [-0.1, -0.05) is 19.3 Å². The Hall–Kier alpha value is -1.43. The van der Waals surface area contributed by atoms with Crippen LogP contribution in [0.25, 0.3) is 0 Å². The van der Waals surface area contributed by atoms with Crippen molar-refractivity contribution >= 4 is 5.91 Å². The number of hydrogen-bond acceptors (Lipinski definition) is 4. The summed E-state index contributed by atoms with van der Waals surface area (Å²) in [5, 5.41) is 11.4. The van der Waals surface area contributed by atoms with E-state index in [1.54, 1.807) is 0 Å². The van der Waals surface area contributed by atoms with Gasteiger partial charge in [-0.05, 0) is 58.7 Å². The van der Waals surface area contributed by atoms with Crippen molar-refractivity contribution in [2.24, 2.45) is 0 Å². The first-order valence-corrected chi connectivity index (χ1v) is 9.65. The predicted octanol–water partition coefficient (Wildman–Crippen LogP) is 2.84. The summed E-state index contributed by atoms with van der Waals surface area (Å²) >= 11 is 0. The van der Waals surface area contributed by atoms with Crippen LogP contribution in [0.4, 0.5) is 0 Å². The lowest BCUT2D eigenvalue weighted by molar-refractivity contribution is -0.122. The molecule has 2 heterocycles. The van der Waals surface area contributed by atoms with E-state index < -0.39 is 0 Å². The minimum atomic E-state index is -0.0735. The number of carbonyl (C=O) groups is 1. The highest BCUT2D eigenvalue weighted by Crippen LogP contribution is 2.31. The normalized spacial score (nSPS) is 21.0. The minimum Gasteiger partial charge on any atom is -0.346 e. The number of nitrogens with zero attached hydrogens (tertiary/aromatic N) is 4. The SMILES string of the molecule is C[C@H](NC(=O)CCCN1CCCCC1)c1nncn1C1CCCC1. The van der Waals surface area contributed by atoms with Gasteiger partial charge in [0.15, 0.2) is 5.82 Å². The predicted molar refractivity (Wildman–Crippen MR) is 93.6 cm³/mol. The Labute approximate surface area is 145 Å². The van der Waals surface area contributed by atoms with Gasteiger partial charge in [-0.2, -0.15) is 0 Å². The van der Waals surface area contributed by atoms with E-state index in [9.17, 15) is 4.79 Å². The Morgan fingerprint density at radius 2 is 2.00 bits per heavy atom. The van der Waals surface area contributed by atoms with E-state index in [1.165, 1.54) is 58.0 Å². The van der Waals surface area contributed by atoms with Crippen molar-refractivity contribution in [1.29, 1.82) is 0 Å². The summed E-state index contributed by atoms with van der Waals surface area (Å²) in [6.45, 7) is 5.45. The molecule has 1 aromatic heterocycles.